The second-order valence-electron chi connectivity index (χ2n) is 5.18. The van der Waals surface area contributed by atoms with Crippen LogP contribution in [-0.4, -0.2) is 55.7 Å². The van der Waals surface area contributed by atoms with Crippen molar-refractivity contribution in [3.63, 3.8) is 0 Å². The molecule has 1 amide bonds. The van der Waals surface area contributed by atoms with Crippen molar-refractivity contribution < 1.29 is 14.3 Å². The van der Waals surface area contributed by atoms with E-state index in [0.717, 1.165) is 13.1 Å². The molecule has 0 spiro atoms. The molecule has 1 aromatic rings. The molecule has 6 nitrogen and oxygen atoms in total. The molecule has 2 aliphatic rings. The Morgan fingerprint density at radius 2 is 2.24 bits per heavy atom. The monoisotopic (exact) mass is 289 g/mol. The average Bonchev–Trinajstić information content (AvgIpc) is 2.85. The van der Waals surface area contributed by atoms with E-state index in [9.17, 15) is 9.59 Å². The van der Waals surface area contributed by atoms with Crippen molar-refractivity contribution in [3.05, 3.63) is 29.8 Å². The molecule has 0 bridgehead atoms. The maximum Gasteiger partial charge on any atom is 0.340 e. The SMILES string of the molecule is CCOC(=O)c1ccccc1N1CN2CCNCC2C1=O. The smallest absolute Gasteiger partial charge is 0.340 e. The Morgan fingerprint density at radius 3 is 3.00 bits per heavy atom. The van der Waals surface area contributed by atoms with Gasteiger partial charge in [0.25, 0.3) is 0 Å². The van der Waals surface area contributed by atoms with Crippen LogP contribution in [0.3, 0.4) is 0 Å². The van der Waals surface area contributed by atoms with Crippen LogP contribution in [0.25, 0.3) is 0 Å². The zero-order valence-corrected chi connectivity index (χ0v) is 12.0. The summed E-state index contributed by atoms with van der Waals surface area (Å²) < 4.78 is 5.08. The van der Waals surface area contributed by atoms with E-state index in [1.54, 1.807) is 30.0 Å². The third-order valence-electron chi connectivity index (χ3n) is 3.92. The van der Waals surface area contributed by atoms with Gasteiger partial charge >= 0.3 is 5.97 Å². The quantitative estimate of drug-likeness (QED) is 0.818. The summed E-state index contributed by atoms with van der Waals surface area (Å²) in [7, 11) is 0. The Bertz CT molecular complexity index is 561. The summed E-state index contributed by atoms with van der Waals surface area (Å²) in [5.74, 6) is -0.345. The topological polar surface area (TPSA) is 61.9 Å². The first-order valence-corrected chi connectivity index (χ1v) is 7.24. The van der Waals surface area contributed by atoms with Gasteiger partial charge in [-0.15, -0.1) is 0 Å². The molecule has 2 fully saturated rings. The van der Waals surface area contributed by atoms with Crippen LogP contribution in [-0.2, 0) is 9.53 Å². The second kappa shape index (κ2) is 5.83. The van der Waals surface area contributed by atoms with Gasteiger partial charge in [0, 0.05) is 19.6 Å². The van der Waals surface area contributed by atoms with Crippen LogP contribution >= 0.6 is 0 Å². The van der Waals surface area contributed by atoms with E-state index in [1.165, 1.54) is 0 Å². The highest BCUT2D eigenvalue weighted by Crippen LogP contribution is 2.27. The third-order valence-corrected chi connectivity index (χ3v) is 3.92. The standard InChI is InChI=1S/C15H19N3O3/c1-2-21-15(20)11-5-3-4-6-12(11)18-10-17-8-7-16-9-13(17)14(18)19/h3-6,13,16H,2,7-10H2,1H3. The van der Waals surface area contributed by atoms with Crippen molar-refractivity contribution in [1.82, 2.24) is 10.2 Å². The highest BCUT2D eigenvalue weighted by Gasteiger charge is 2.41. The number of benzene rings is 1. The summed E-state index contributed by atoms with van der Waals surface area (Å²) in [5.41, 5.74) is 1.08. The summed E-state index contributed by atoms with van der Waals surface area (Å²) in [5, 5.41) is 3.24. The van der Waals surface area contributed by atoms with Crippen LogP contribution in [0.1, 0.15) is 17.3 Å². The predicted octanol–water partition coefficient (Wildman–Crippen LogP) is 0.441. The number of hydrogen-bond donors (Lipinski definition) is 1. The first-order chi connectivity index (χ1) is 10.2. The van der Waals surface area contributed by atoms with Gasteiger partial charge in [0.1, 0.15) is 6.04 Å². The highest BCUT2D eigenvalue weighted by atomic mass is 16.5. The average molecular weight is 289 g/mol. The summed E-state index contributed by atoms with van der Waals surface area (Å²) in [4.78, 5) is 28.4. The molecule has 0 aromatic heterocycles. The summed E-state index contributed by atoms with van der Waals surface area (Å²) in [6.45, 7) is 5.01. The molecule has 2 aliphatic heterocycles. The lowest BCUT2D eigenvalue weighted by atomic mass is 10.1. The molecule has 6 heteroatoms. The van der Waals surface area contributed by atoms with Gasteiger partial charge in [0.05, 0.1) is 24.5 Å². The number of rotatable bonds is 3. The van der Waals surface area contributed by atoms with Gasteiger partial charge in [-0.2, -0.15) is 0 Å². The van der Waals surface area contributed by atoms with E-state index in [1.807, 2.05) is 6.07 Å². The van der Waals surface area contributed by atoms with Crippen molar-refractivity contribution >= 4 is 17.6 Å². The number of nitrogens with zero attached hydrogens (tertiary/aromatic N) is 2. The minimum atomic E-state index is -0.385. The molecule has 0 aliphatic carbocycles. The fraction of sp³-hybridized carbons (Fsp3) is 0.467. The van der Waals surface area contributed by atoms with E-state index < -0.39 is 0 Å². The number of anilines is 1. The molecular weight excluding hydrogens is 270 g/mol. The molecule has 1 atom stereocenters. The summed E-state index contributed by atoms with van der Waals surface area (Å²) in [6.07, 6.45) is 0. The number of para-hydroxylation sites is 1. The highest BCUT2D eigenvalue weighted by molar-refractivity contribution is 6.05. The van der Waals surface area contributed by atoms with Crippen LogP contribution in [0.15, 0.2) is 24.3 Å². The molecule has 1 N–H and O–H groups in total. The Kier molecular flexibility index (Phi) is 3.90. The molecule has 1 aromatic carbocycles. The van der Waals surface area contributed by atoms with E-state index in [4.69, 9.17) is 4.74 Å². The summed E-state index contributed by atoms with van der Waals surface area (Å²) in [6, 6.07) is 6.99. The van der Waals surface area contributed by atoms with Gasteiger partial charge in [-0.25, -0.2) is 4.79 Å². The maximum atomic E-state index is 12.6. The van der Waals surface area contributed by atoms with Crippen molar-refractivity contribution in [1.29, 1.82) is 0 Å². The number of amides is 1. The minimum absolute atomic E-state index is 0.0407. The normalized spacial score (nSPS) is 22.2. The molecule has 21 heavy (non-hydrogen) atoms. The fourth-order valence-corrected chi connectivity index (χ4v) is 2.88. The van der Waals surface area contributed by atoms with Gasteiger partial charge in [0.15, 0.2) is 0 Å². The summed E-state index contributed by atoms with van der Waals surface area (Å²) >= 11 is 0. The van der Waals surface area contributed by atoms with E-state index in [-0.39, 0.29) is 17.9 Å². The lowest BCUT2D eigenvalue weighted by Gasteiger charge is -2.26. The van der Waals surface area contributed by atoms with Crippen molar-refractivity contribution in [2.75, 3.05) is 37.8 Å². The van der Waals surface area contributed by atoms with Crippen LogP contribution < -0.4 is 10.2 Å². The van der Waals surface area contributed by atoms with Crippen LogP contribution in [0.4, 0.5) is 5.69 Å². The van der Waals surface area contributed by atoms with E-state index >= 15 is 0 Å². The van der Waals surface area contributed by atoms with Gasteiger partial charge in [-0.3, -0.25) is 14.6 Å². The number of carbonyl (C=O) groups excluding carboxylic acids is 2. The number of piperazine rings is 1. The molecular formula is C15H19N3O3. The molecule has 2 heterocycles. The van der Waals surface area contributed by atoms with Crippen molar-refractivity contribution in [3.8, 4) is 0 Å². The molecule has 0 radical (unpaired) electrons. The number of esters is 1. The third kappa shape index (κ3) is 2.52. The molecule has 112 valence electrons. The lowest BCUT2D eigenvalue weighted by Crippen LogP contribution is -2.50. The fourth-order valence-electron chi connectivity index (χ4n) is 2.88. The van der Waals surface area contributed by atoms with Crippen molar-refractivity contribution in [2.24, 2.45) is 0 Å². The second-order valence-corrected chi connectivity index (χ2v) is 5.18. The van der Waals surface area contributed by atoms with E-state index in [2.05, 4.69) is 10.2 Å². The Labute approximate surface area is 123 Å². The largest absolute Gasteiger partial charge is 0.462 e. The van der Waals surface area contributed by atoms with Crippen LogP contribution in [0, 0.1) is 0 Å². The number of fused-ring (bicyclic) bond motifs is 1. The molecule has 3 rings (SSSR count). The van der Waals surface area contributed by atoms with Crippen LogP contribution in [0.5, 0.6) is 0 Å². The lowest BCUT2D eigenvalue weighted by molar-refractivity contribution is -0.119. The molecule has 1 unspecified atom stereocenters. The number of ether oxygens (including phenoxy) is 1. The number of carbonyl (C=O) groups is 2. The predicted molar refractivity (Wildman–Crippen MR) is 78.1 cm³/mol. The van der Waals surface area contributed by atoms with E-state index in [0.29, 0.717) is 31.1 Å². The first-order valence-electron chi connectivity index (χ1n) is 7.24. The minimum Gasteiger partial charge on any atom is -0.462 e. The number of hydrogen-bond acceptors (Lipinski definition) is 5. The number of nitrogens with one attached hydrogen (secondary N) is 1. The van der Waals surface area contributed by atoms with Gasteiger partial charge in [-0.1, -0.05) is 12.1 Å². The van der Waals surface area contributed by atoms with Gasteiger partial charge in [0.2, 0.25) is 5.91 Å². The van der Waals surface area contributed by atoms with Gasteiger partial charge < -0.3 is 10.1 Å². The zero-order valence-electron chi connectivity index (χ0n) is 12.0. The van der Waals surface area contributed by atoms with Crippen molar-refractivity contribution in [2.45, 2.75) is 13.0 Å². The molecule has 0 saturated carbocycles. The maximum absolute atomic E-state index is 12.6. The zero-order chi connectivity index (χ0) is 14.8. The first kappa shape index (κ1) is 14.0. The Hall–Kier alpha value is -1.92. The Morgan fingerprint density at radius 1 is 1.43 bits per heavy atom. The van der Waals surface area contributed by atoms with Crippen LogP contribution in [0.2, 0.25) is 0 Å². The molecule has 2 saturated heterocycles. The van der Waals surface area contributed by atoms with Gasteiger partial charge in [-0.05, 0) is 19.1 Å². The Balaban J connectivity index is 1.90.